The van der Waals surface area contributed by atoms with Crippen molar-refractivity contribution in [1.29, 1.82) is 0 Å². The van der Waals surface area contributed by atoms with Gasteiger partial charge in [0, 0.05) is 18.9 Å². The maximum Gasteiger partial charge on any atom is 0.191 e. The SMILES string of the molecule is CCNC(=NCCn1cccn1)NC(C)c1ccc(OCC)c(OCC)c1.I. The van der Waals surface area contributed by atoms with Crippen LogP contribution in [-0.2, 0) is 6.54 Å². The summed E-state index contributed by atoms with van der Waals surface area (Å²) in [5.74, 6) is 2.32. The summed E-state index contributed by atoms with van der Waals surface area (Å²) in [6, 6.07) is 8.03. The Morgan fingerprint density at radius 2 is 1.93 bits per heavy atom. The van der Waals surface area contributed by atoms with E-state index in [0.717, 1.165) is 36.1 Å². The number of hydrogen-bond donors (Lipinski definition) is 2. The fourth-order valence-corrected chi connectivity index (χ4v) is 2.64. The molecular weight excluding hydrogens is 469 g/mol. The minimum absolute atomic E-state index is 0. The lowest BCUT2D eigenvalue weighted by Gasteiger charge is -2.20. The largest absolute Gasteiger partial charge is 0.490 e. The van der Waals surface area contributed by atoms with E-state index in [1.807, 2.05) is 42.9 Å². The second kappa shape index (κ2) is 13.2. The van der Waals surface area contributed by atoms with Crippen LogP contribution >= 0.6 is 24.0 Å². The Morgan fingerprint density at radius 1 is 1.18 bits per heavy atom. The van der Waals surface area contributed by atoms with E-state index in [-0.39, 0.29) is 30.0 Å². The van der Waals surface area contributed by atoms with Crippen LogP contribution in [0.25, 0.3) is 0 Å². The van der Waals surface area contributed by atoms with Gasteiger partial charge in [-0.15, -0.1) is 24.0 Å². The summed E-state index contributed by atoms with van der Waals surface area (Å²) in [5.41, 5.74) is 1.11. The highest BCUT2D eigenvalue weighted by molar-refractivity contribution is 14.0. The molecule has 0 amide bonds. The molecule has 2 aromatic rings. The van der Waals surface area contributed by atoms with Crippen LogP contribution in [0.4, 0.5) is 0 Å². The van der Waals surface area contributed by atoms with Gasteiger partial charge < -0.3 is 20.1 Å². The average Bonchev–Trinajstić information content (AvgIpc) is 3.17. The highest BCUT2D eigenvalue weighted by Crippen LogP contribution is 2.30. The molecule has 7 nitrogen and oxygen atoms in total. The molecule has 2 N–H and O–H groups in total. The van der Waals surface area contributed by atoms with Gasteiger partial charge in [-0.1, -0.05) is 6.07 Å². The van der Waals surface area contributed by atoms with Crippen LogP contribution in [0.3, 0.4) is 0 Å². The van der Waals surface area contributed by atoms with Crippen LogP contribution in [-0.4, -0.2) is 42.0 Å². The highest BCUT2D eigenvalue weighted by Gasteiger charge is 2.12. The van der Waals surface area contributed by atoms with Gasteiger partial charge in [-0.05, 0) is 51.5 Å². The first-order valence-electron chi connectivity index (χ1n) is 9.59. The molecular formula is C20H32IN5O2. The van der Waals surface area contributed by atoms with Gasteiger partial charge in [-0.25, -0.2) is 0 Å². The zero-order valence-electron chi connectivity index (χ0n) is 17.1. The summed E-state index contributed by atoms with van der Waals surface area (Å²) in [7, 11) is 0. The van der Waals surface area contributed by atoms with Crippen LogP contribution in [0.15, 0.2) is 41.7 Å². The molecule has 0 saturated heterocycles. The molecule has 0 fully saturated rings. The van der Waals surface area contributed by atoms with Gasteiger partial charge in [0.2, 0.25) is 0 Å². The maximum atomic E-state index is 5.73. The predicted molar refractivity (Wildman–Crippen MR) is 124 cm³/mol. The monoisotopic (exact) mass is 501 g/mol. The number of benzene rings is 1. The molecule has 2 rings (SSSR count). The second-order valence-electron chi connectivity index (χ2n) is 5.97. The molecule has 0 bridgehead atoms. The van der Waals surface area contributed by atoms with Crippen LogP contribution < -0.4 is 20.1 Å². The summed E-state index contributed by atoms with van der Waals surface area (Å²) in [6.45, 7) is 11.5. The van der Waals surface area contributed by atoms with Gasteiger partial charge in [0.25, 0.3) is 0 Å². The van der Waals surface area contributed by atoms with Crippen molar-refractivity contribution >= 4 is 29.9 Å². The van der Waals surface area contributed by atoms with E-state index < -0.39 is 0 Å². The quantitative estimate of drug-likeness (QED) is 0.296. The molecule has 0 radical (unpaired) electrons. The standard InChI is InChI=1S/C20H31N5O2.HI/c1-5-21-20(22-12-14-25-13-8-11-23-25)24-16(4)17-9-10-18(26-6-2)19(15-17)27-7-3;/h8-11,13,15-16H,5-7,12,14H2,1-4H3,(H2,21,22,24);1H. The lowest BCUT2D eigenvalue weighted by Crippen LogP contribution is -2.39. The third kappa shape index (κ3) is 7.57. The summed E-state index contributed by atoms with van der Waals surface area (Å²) < 4.78 is 13.2. The number of nitrogens with one attached hydrogen (secondary N) is 2. The van der Waals surface area contributed by atoms with Crippen molar-refractivity contribution in [3.63, 3.8) is 0 Å². The number of halogens is 1. The molecule has 156 valence electrons. The molecule has 0 spiro atoms. The fourth-order valence-electron chi connectivity index (χ4n) is 2.64. The first-order valence-corrected chi connectivity index (χ1v) is 9.59. The van der Waals surface area contributed by atoms with Crippen LogP contribution in [0, 0.1) is 0 Å². The molecule has 8 heteroatoms. The third-order valence-electron chi connectivity index (χ3n) is 3.92. The zero-order valence-corrected chi connectivity index (χ0v) is 19.5. The van der Waals surface area contributed by atoms with Crippen molar-refractivity contribution in [2.75, 3.05) is 26.3 Å². The van der Waals surface area contributed by atoms with Gasteiger partial charge >= 0.3 is 0 Å². The number of aromatic nitrogens is 2. The number of guanidine groups is 1. The van der Waals surface area contributed by atoms with E-state index in [1.54, 1.807) is 6.20 Å². The van der Waals surface area contributed by atoms with E-state index in [2.05, 4.69) is 40.6 Å². The number of aliphatic imine (C=N–C) groups is 1. The van der Waals surface area contributed by atoms with E-state index in [0.29, 0.717) is 19.8 Å². The third-order valence-corrected chi connectivity index (χ3v) is 3.92. The van der Waals surface area contributed by atoms with Crippen LogP contribution in [0.5, 0.6) is 11.5 Å². The molecule has 1 heterocycles. The number of hydrogen-bond acceptors (Lipinski definition) is 4. The smallest absolute Gasteiger partial charge is 0.191 e. The molecule has 0 aliphatic carbocycles. The summed E-state index contributed by atoms with van der Waals surface area (Å²) in [4.78, 5) is 4.64. The summed E-state index contributed by atoms with van der Waals surface area (Å²) in [5, 5.41) is 10.9. The van der Waals surface area contributed by atoms with E-state index in [4.69, 9.17) is 9.47 Å². The van der Waals surface area contributed by atoms with Crippen molar-refractivity contribution in [2.45, 2.75) is 40.3 Å². The van der Waals surface area contributed by atoms with Crippen LogP contribution in [0.2, 0.25) is 0 Å². The van der Waals surface area contributed by atoms with Gasteiger partial charge in [-0.2, -0.15) is 5.10 Å². The molecule has 1 aromatic heterocycles. The first kappa shape index (κ1) is 24.1. The minimum Gasteiger partial charge on any atom is -0.490 e. The summed E-state index contributed by atoms with van der Waals surface area (Å²) in [6.07, 6.45) is 3.71. The molecule has 0 aliphatic heterocycles. The molecule has 1 aromatic carbocycles. The topological polar surface area (TPSA) is 72.7 Å². The maximum absolute atomic E-state index is 5.73. The van der Waals surface area contributed by atoms with Crippen molar-refractivity contribution in [2.24, 2.45) is 4.99 Å². The van der Waals surface area contributed by atoms with Crippen molar-refractivity contribution in [3.8, 4) is 11.5 Å². The predicted octanol–water partition coefficient (Wildman–Crippen LogP) is 3.61. The molecule has 28 heavy (non-hydrogen) atoms. The number of nitrogens with zero attached hydrogens (tertiary/aromatic N) is 3. The summed E-state index contributed by atoms with van der Waals surface area (Å²) >= 11 is 0. The lowest BCUT2D eigenvalue weighted by atomic mass is 10.1. The van der Waals surface area contributed by atoms with E-state index >= 15 is 0 Å². The molecule has 0 saturated carbocycles. The van der Waals surface area contributed by atoms with Gasteiger partial charge in [0.1, 0.15) is 0 Å². The first-order chi connectivity index (χ1) is 13.2. The number of ether oxygens (including phenoxy) is 2. The Balaban J connectivity index is 0.00000392. The Kier molecular flexibility index (Phi) is 11.4. The zero-order chi connectivity index (χ0) is 19.5. The van der Waals surface area contributed by atoms with Crippen molar-refractivity contribution in [1.82, 2.24) is 20.4 Å². The van der Waals surface area contributed by atoms with Gasteiger partial charge in [0.15, 0.2) is 17.5 Å². The molecule has 1 unspecified atom stereocenters. The number of rotatable bonds is 10. The average molecular weight is 501 g/mol. The van der Waals surface area contributed by atoms with E-state index in [1.165, 1.54) is 0 Å². The Labute approximate surface area is 184 Å². The molecule has 1 atom stereocenters. The van der Waals surface area contributed by atoms with Crippen molar-refractivity contribution < 1.29 is 9.47 Å². The van der Waals surface area contributed by atoms with Gasteiger partial charge in [-0.3, -0.25) is 9.67 Å². The fraction of sp³-hybridized carbons (Fsp3) is 0.500. The van der Waals surface area contributed by atoms with E-state index in [9.17, 15) is 0 Å². The normalized spacial score (nSPS) is 12.1. The second-order valence-corrected chi connectivity index (χ2v) is 5.97. The minimum atomic E-state index is 0. The van der Waals surface area contributed by atoms with Crippen LogP contribution in [0.1, 0.15) is 39.3 Å². The Morgan fingerprint density at radius 3 is 2.57 bits per heavy atom. The Bertz CT molecular complexity index is 707. The van der Waals surface area contributed by atoms with Crippen molar-refractivity contribution in [3.05, 3.63) is 42.2 Å². The Hall–Kier alpha value is -1.97. The molecule has 0 aliphatic rings. The highest BCUT2D eigenvalue weighted by atomic mass is 127. The van der Waals surface area contributed by atoms with Gasteiger partial charge in [0.05, 0.1) is 32.3 Å². The lowest BCUT2D eigenvalue weighted by molar-refractivity contribution is 0.287.